The molecule has 84 valence electrons. The number of hydrogen-bond acceptors (Lipinski definition) is 3. The van der Waals surface area contributed by atoms with Gasteiger partial charge in [-0.25, -0.2) is 0 Å². The first-order valence-corrected chi connectivity index (χ1v) is 6.02. The van der Waals surface area contributed by atoms with Crippen LogP contribution in [0.25, 0.3) is 0 Å². The van der Waals surface area contributed by atoms with Crippen LogP contribution < -0.4 is 10.6 Å². The standard InChI is InChI=1S/C11H18N2O2/c14-11(8-2-1-5-12-8)13-9-6-7-3-4-10(9)15-7/h7-10,12H,1-6H2,(H,13,14)/t7?,8-,9?,10?/m0/s1. The van der Waals surface area contributed by atoms with Crippen LogP contribution >= 0.6 is 0 Å². The lowest BCUT2D eigenvalue weighted by atomic mass is 9.95. The Morgan fingerprint density at radius 2 is 2.27 bits per heavy atom. The SMILES string of the molecule is O=C(NC1CC2CCC1O2)[C@@H]1CCCN1. The van der Waals surface area contributed by atoms with E-state index >= 15 is 0 Å². The second-order valence-corrected chi connectivity index (χ2v) is 4.87. The molecule has 3 fully saturated rings. The summed E-state index contributed by atoms with van der Waals surface area (Å²) in [7, 11) is 0. The maximum atomic E-state index is 11.8. The van der Waals surface area contributed by atoms with Gasteiger partial charge in [0.25, 0.3) is 0 Å². The van der Waals surface area contributed by atoms with E-state index in [4.69, 9.17) is 4.74 Å². The zero-order valence-corrected chi connectivity index (χ0v) is 8.87. The van der Waals surface area contributed by atoms with Crippen molar-refractivity contribution in [2.45, 2.75) is 56.4 Å². The van der Waals surface area contributed by atoms with Crippen molar-refractivity contribution in [3.8, 4) is 0 Å². The van der Waals surface area contributed by atoms with E-state index in [9.17, 15) is 4.79 Å². The molecule has 2 N–H and O–H groups in total. The third-order valence-corrected chi connectivity index (χ3v) is 3.81. The third kappa shape index (κ3) is 1.76. The maximum Gasteiger partial charge on any atom is 0.237 e. The Bertz CT molecular complexity index is 263. The van der Waals surface area contributed by atoms with Crippen LogP contribution in [-0.2, 0) is 9.53 Å². The Balaban J connectivity index is 1.54. The van der Waals surface area contributed by atoms with Gasteiger partial charge in [0.1, 0.15) is 0 Å². The van der Waals surface area contributed by atoms with Crippen molar-refractivity contribution in [2.24, 2.45) is 0 Å². The fourth-order valence-electron chi connectivity index (χ4n) is 2.98. The van der Waals surface area contributed by atoms with Crippen LogP contribution in [-0.4, -0.2) is 36.7 Å². The monoisotopic (exact) mass is 210 g/mol. The highest BCUT2D eigenvalue weighted by Crippen LogP contribution is 2.34. The summed E-state index contributed by atoms with van der Waals surface area (Å²) in [5.74, 6) is 0.175. The van der Waals surface area contributed by atoms with Crippen molar-refractivity contribution in [1.82, 2.24) is 10.6 Å². The highest BCUT2D eigenvalue weighted by Gasteiger charge is 2.42. The normalized spacial score (nSPS) is 43.5. The Morgan fingerprint density at radius 3 is 2.87 bits per heavy atom. The van der Waals surface area contributed by atoms with E-state index in [0.717, 1.165) is 32.2 Å². The van der Waals surface area contributed by atoms with Gasteiger partial charge in [-0.2, -0.15) is 0 Å². The summed E-state index contributed by atoms with van der Waals surface area (Å²) in [5, 5.41) is 6.35. The fraction of sp³-hybridized carbons (Fsp3) is 0.909. The minimum absolute atomic E-state index is 0.0455. The Kier molecular flexibility index (Phi) is 2.41. The van der Waals surface area contributed by atoms with Gasteiger partial charge in [-0.05, 0) is 38.6 Å². The van der Waals surface area contributed by atoms with Crippen LogP contribution in [0.2, 0.25) is 0 Å². The molecule has 2 bridgehead atoms. The lowest BCUT2D eigenvalue weighted by Gasteiger charge is -2.22. The molecule has 0 spiro atoms. The molecule has 3 heterocycles. The molecule has 4 atom stereocenters. The van der Waals surface area contributed by atoms with Crippen LogP contribution in [0.3, 0.4) is 0 Å². The van der Waals surface area contributed by atoms with Crippen LogP contribution in [0, 0.1) is 0 Å². The number of amides is 1. The quantitative estimate of drug-likeness (QED) is 0.683. The lowest BCUT2D eigenvalue weighted by Crippen LogP contribution is -2.48. The average molecular weight is 210 g/mol. The predicted molar refractivity (Wildman–Crippen MR) is 55.5 cm³/mol. The minimum Gasteiger partial charge on any atom is -0.373 e. The summed E-state index contributed by atoms with van der Waals surface area (Å²) < 4.78 is 5.71. The Labute approximate surface area is 89.7 Å². The topological polar surface area (TPSA) is 50.4 Å². The van der Waals surface area contributed by atoms with Crippen LogP contribution in [0.15, 0.2) is 0 Å². The molecule has 0 radical (unpaired) electrons. The molecule has 3 aliphatic heterocycles. The van der Waals surface area contributed by atoms with Gasteiger partial charge in [-0.15, -0.1) is 0 Å². The van der Waals surface area contributed by atoms with E-state index < -0.39 is 0 Å². The summed E-state index contributed by atoms with van der Waals surface area (Å²) in [4.78, 5) is 11.8. The second-order valence-electron chi connectivity index (χ2n) is 4.87. The average Bonchev–Trinajstić information content (AvgIpc) is 2.95. The van der Waals surface area contributed by atoms with Crippen molar-refractivity contribution in [1.29, 1.82) is 0 Å². The molecule has 0 aliphatic carbocycles. The molecule has 3 unspecified atom stereocenters. The summed E-state index contributed by atoms with van der Waals surface area (Å²) in [6.07, 6.45) is 6.12. The second kappa shape index (κ2) is 3.76. The molecule has 3 saturated heterocycles. The van der Waals surface area contributed by atoms with E-state index in [1.165, 1.54) is 6.42 Å². The molecule has 4 nitrogen and oxygen atoms in total. The van der Waals surface area contributed by atoms with Crippen LogP contribution in [0.1, 0.15) is 32.1 Å². The molecule has 0 aromatic carbocycles. The van der Waals surface area contributed by atoms with Gasteiger partial charge in [-0.1, -0.05) is 0 Å². The largest absolute Gasteiger partial charge is 0.373 e. The van der Waals surface area contributed by atoms with Gasteiger partial charge in [0, 0.05) is 0 Å². The minimum atomic E-state index is 0.0455. The molecule has 1 amide bonds. The zero-order chi connectivity index (χ0) is 10.3. The van der Waals surface area contributed by atoms with Gasteiger partial charge in [0.15, 0.2) is 0 Å². The van der Waals surface area contributed by atoms with Crippen molar-refractivity contribution in [2.75, 3.05) is 6.54 Å². The summed E-state index contributed by atoms with van der Waals surface area (Å²) in [6.45, 7) is 0.977. The number of rotatable bonds is 2. The first kappa shape index (κ1) is 9.60. The van der Waals surface area contributed by atoms with Gasteiger partial charge >= 0.3 is 0 Å². The molecule has 4 heteroatoms. The first-order chi connectivity index (χ1) is 7.33. The van der Waals surface area contributed by atoms with Crippen molar-refractivity contribution >= 4 is 5.91 Å². The molecule has 0 aromatic rings. The summed E-state index contributed by atoms with van der Waals surface area (Å²) in [6, 6.07) is 0.322. The molecule has 0 aromatic heterocycles. The molecular formula is C11H18N2O2. The molecule has 3 aliphatic rings. The number of nitrogens with one attached hydrogen (secondary N) is 2. The number of ether oxygens (including phenoxy) is 1. The van der Waals surface area contributed by atoms with Crippen molar-refractivity contribution in [3.05, 3.63) is 0 Å². The number of carbonyl (C=O) groups is 1. The van der Waals surface area contributed by atoms with Gasteiger partial charge in [0.2, 0.25) is 5.91 Å². The fourth-order valence-corrected chi connectivity index (χ4v) is 2.98. The van der Waals surface area contributed by atoms with E-state index in [1.54, 1.807) is 0 Å². The third-order valence-electron chi connectivity index (χ3n) is 3.81. The van der Waals surface area contributed by atoms with Crippen molar-refractivity contribution < 1.29 is 9.53 Å². The van der Waals surface area contributed by atoms with E-state index in [2.05, 4.69) is 10.6 Å². The smallest absolute Gasteiger partial charge is 0.237 e. The molecule has 3 rings (SSSR count). The van der Waals surface area contributed by atoms with E-state index in [1.807, 2.05) is 0 Å². The number of fused-ring (bicyclic) bond motifs is 2. The number of carbonyl (C=O) groups excluding carboxylic acids is 1. The van der Waals surface area contributed by atoms with Gasteiger partial charge < -0.3 is 15.4 Å². The maximum absolute atomic E-state index is 11.8. The van der Waals surface area contributed by atoms with Gasteiger partial charge in [0.05, 0.1) is 24.3 Å². The van der Waals surface area contributed by atoms with Crippen LogP contribution in [0.5, 0.6) is 0 Å². The lowest BCUT2D eigenvalue weighted by molar-refractivity contribution is -0.123. The van der Waals surface area contributed by atoms with E-state index in [0.29, 0.717) is 12.2 Å². The zero-order valence-electron chi connectivity index (χ0n) is 8.87. The number of hydrogen-bond donors (Lipinski definition) is 2. The van der Waals surface area contributed by atoms with Crippen LogP contribution in [0.4, 0.5) is 0 Å². The summed E-state index contributed by atoms with van der Waals surface area (Å²) >= 11 is 0. The predicted octanol–water partition coefficient (Wildman–Crippen LogP) is 0.174. The molecule has 15 heavy (non-hydrogen) atoms. The van der Waals surface area contributed by atoms with E-state index in [-0.39, 0.29) is 18.0 Å². The molecule has 0 saturated carbocycles. The Hall–Kier alpha value is -0.610. The highest BCUT2D eigenvalue weighted by molar-refractivity contribution is 5.82. The highest BCUT2D eigenvalue weighted by atomic mass is 16.5. The van der Waals surface area contributed by atoms with Crippen molar-refractivity contribution in [3.63, 3.8) is 0 Å². The summed E-state index contributed by atoms with van der Waals surface area (Å²) in [5.41, 5.74) is 0. The first-order valence-electron chi connectivity index (χ1n) is 6.02. The molecular weight excluding hydrogens is 192 g/mol. The Morgan fingerprint density at radius 1 is 1.33 bits per heavy atom. The van der Waals surface area contributed by atoms with Gasteiger partial charge in [-0.3, -0.25) is 4.79 Å².